The highest BCUT2D eigenvalue weighted by molar-refractivity contribution is 5.70. The Morgan fingerprint density at radius 1 is 0.935 bits per heavy atom. The molecule has 46 heavy (non-hydrogen) atoms. The fourth-order valence-corrected chi connectivity index (χ4v) is 7.03. The predicted molar refractivity (Wildman–Crippen MR) is 179 cm³/mol. The molecule has 3 saturated heterocycles. The first-order valence-corrected chi connectivity index (χ1v) is 16.8. The van der Waals surface area contributed by atoms with Crippen molar-refractivity contribution in [3.05, 3.63) is 108 Å². The molecule has 0 aliphatic carbocycles. The maximum atomic E-state index is 12.0. The molecule has 2 N–H and O–H groups in total. The number of alkyl carbamates (subject to hydrolysis) is 1. The third kappa shape index (κ3) is 8.24. The summed E-state index contributed by atoms with van der Waals surface area (Å²) in [5, 5.41) is 12.4. The summed E-state index contributed by atoms with van der Waals surface area (Å²) in [5.41, 5.74) is 6.06. The minimum absolute atomic E-state index is 0.0263. The molecular weight excluding hydrogens is 578 g/mol. The number of benzene rings is 3. The number of likely N-dealkylation sites (tertiary alicyclic amines) is 2. The summed E-state index contributed by atoms with van der Waals surface area (Å²) in [6.07, 6.45) is 6.43. The molecule has 0 spiro atoms. The number of rotatable bonds is 12. The zero-order valence-corrected chi connectivity index (χ0v) is 26.7. The lowest BCUT2D eigenvalue weighted by Gasteiger charge is -2.39. The van der Waals surface area contributed by atoms with Gasteiger partial charge in [-0.15, -0.1) is 0 Å². The van der Waals surface area contributed by atoms with Crippen molar-refractivity contribution in [3.8, 4) is 11.1 Å². The molecular formula is C38H47N3O5. The lowest BCUT2D eigenvalue weighted by Crippen LogP contribution is -2.45. The molecule has 244 valence electrons. The molecule has 6 rings (SSSR count). The quantitative estimate of drug-likeness (QED) is 0.227. The van der Waals surface area contributed by atoms with E-state index >= 15 is 0 Å². The number of hydrogen-bond acceptors (Lipinski definition) is 7. The van der Waals surface area contributed by atoms with E-state index in [9.17, 15) is 9.90 Å². The van der Waals surface area contributed by atoms with Gasteiger partial charge in [-0.3, -0.25) is 4.90 Å². The average molecular weight is 626 g/mol. The van der Waals surface area contributed by atoms with Gasteiger partial charge in [-0.25, -0.2) is 4.79 Å². The first kappa shape index (κ1) is 32.4. The van der Waals surface area contributed by atoms with E-state index < -0.39 is 12.4 Å². The average Bonchev–Trinajstić information content (AvgIpc) is 3.79. The third-order valence-corrected chi connectivity index (χ3v) is 9.49. The van der Waals surface area contributed by atoms with E-state index in [1.807, 2.05) is 30.3 Å². The van der Waals surface area contributed by atoms with Crippen LogP contribution < -0.4 is 5.32 Å². The normalized spacial score (nSPS) is 23.8. The second-order valence-corrected chi connectivity index (χ2v) is 12.7. The lowest BCUT2D eigenvalue weighted by atomic mass is 9.97. The van der Waals surface area contributed by atoms with Gasteiger partial charge in [-0.05, 0) is 73.1 Å². The van der Waals surface area contributed by atoms with E-state index in [1.165, 1.54) is 38.8 Å². The zero-order valence-electron chi connectivity index (χ0n) is 26.7. The van der Waals surface area contributed by atoms with Gasteiger partial charge in [0.05, 0.1) is 18.8 Å². The van der Waals surface area contributed by atoms with Gasteiger partial charge >= 0.3 is 6.09 Å². The van der Waals surface area contributed by atoms with Crippen LogP contribution in [0.15, 0.2) is 85.5 Å². The van der Waals surface area contributed by atoms with E-state index in [0.29, 0.717) is 12.6 Å². The van der Waals surface area contributed by atoms with Gasteiger partial charge in [-0.1, -0.05) is 85.5 Å². The highest BCUT2D eigenvalue weighted by Crippen LogP contribution is 2.39. The second kappa shape index (κ2) is 15.8. The minimum Gasteiger partial charge on any atom is -0.445 e. The van der Waals surface area contributed by atoms with Gasteiger partial charge in [0.2, 0.25) is 0 Å². The summed E-state index contributed by atoms with van der Waals surface area (Å²) >= 11 is 0. The number of aliphatic hydroxyl groups is 1. The van der Waals surface area contributed by atoms with Crippen LogP contribution >= 0.6 is 0 Å². The highest BCUT2D eigenvalue weighted by atomic mass is 16.7. The van der Waals surface area contributed by atoms with Crippen molar-refractivity contribution >= 4 is 6.09 Å². The van der Waals surface area contributed by atoms with Crippen molar-refractivity contribution < 1.29 is 24.1 Å². The maximum absolute atomic E-state index is 12.0. The molecule has 3 aliphatic heterocycles. The SMILES string of the molecule is C=CCOC(=O)NCc1ccccc1-c1ccc([C@H]2O[C@@H](CN3CCC[C@H]3CN3CCCC3)C[C@@H](c3ccc(CO)cc3)O2)cc1. The van der Waals surface area contributed by atoms with E-state index in [0.717, 1.165) is 59.4 Å². The minimum atomic E-state index is -0.494. The number of aliphatic hydroxyl groups excluding tert-OH is 1. The molecule has 8 heteroatoms. The molecule has 8 nitrogen and oxygen atoms in total. The van der Waals surface area contributed by atoms with Crippen molar-refractivity contribution in [1.82, 2.24) is 15.1 Å². The molecule has 3 aliphatic rings. The smallest absolute Gasteiger partial charge is 0.407 e. The molecule has 0 aromatic heterocycles. The fraction of sp³-hybridized carbons (Fsp3) is 0.447. The molecule has 3 heterocycles. The molecule has 0 unspecified atom stereocenters. The first-order valence-electron chi connectivity index (χ1n) is 16.8. The second-order valence-electron chi connectivity index (χ2n) is 12.7. The van der Waals surface area contributed by atoms with Crippen LogP contribution in [0.4, 0.5) is 4.79 Å². The first-order chi connectivity index (χ1) is 22.6. The summed E-state index contributed by atoms with van der Waals surface area (Å²) in [6, 6.07) is 25.1. The van der Waals surface area contributed by atoms with Crippen LogP contribution in [-0.2, 0) is 27.4 Å². The van der Waals surface area contributed by atoms with E-state index in [1.54, 1.807) is 6.08 Å². The van der Waals surface area contributed by atoms with Crippen LogP contribution in [0.3, 0.4) is 0 Å². The van der Waals surface area contributed by atoms with Crippen LogP contribution in [0.1, 0.15) is 66.8 Å². The molecule has 3 fully saturated rings. The topological polar surface area (TPSA) is 83.5 Å². The third-order valence-electron chi connectivity index (χ3n) is 9.49. The molecule has 0 bridgehead atoms. The van der Waals surface area contributed by atoms with Gasteiger partial charge in [0, 0.05) is 37.7 Å². The molecule has 0 saturated carbocycles. The number of ether oxygens (including phenoxy) is 3. The fourth-order valence-electron chi connectivity index (χ4n) is 7.03. The van der Waals surface area contributed by atoms with Gasteiger partial charge in [0.25, 0.3) is 0 Å². The van der Waals surface area contributed by atoms with Crippen LogP contribution in [0.5, 0.6) is 0 Å². The predicted octanol–water partition coefficient (Wildman–Crippen LogP) is 6.36. The Morgan fingerprint density at radius 3 is 2.46 bits per heavy atom. The lowest BCUT2D eigenvalue weighted by molar-refractivity contribution is -0.253. The Labute approximate surface area is 273 Å². The summed E-state index contributed by atoms with van der Waals surface area (Å²) in [4.78, 5) is 17.3. The van der Waals surface area contributed by atoms with E-state index in [4.69, 9.17) is 14.2 Å². The summed E-state index contributed by atoms with van der Waals surface area (Å²) in [7, 11) is 0. The molecule has 3 aromatic rings. The Balaban J connectivity index is 1.18. The Bertz CT molecular complexity index is 1420. The van der Waals surface area contributed by atoms with E-state index in [2.05, 4.69) is 64.2 Å². The Kier molecular flexibility index (Phi) is 11.2. The van der Waals surface area contributed by atoms with Crippen LogP contribution in [0.25, 0.3) is 11.1 Å². The van der Waals surface area contributed by atoms with Gasteiger partial charge in [0.15, 0.2) is 6.29 Å². The number of carbonyl (C=O) groups excluding carboxylic acids is 1. The number of hydrogen-bond donors (Lipinski definition) is 2. The van der Waals surface area contributed by atoms with Crippen molar-refractivity contribution in [1.29, 1.82) is 0 Å². The standard InChI is InChI=1S/C38H47N3O5/c1-2-22-44-38(43)39-24-32-8-3-4-10-35(32)29-15-17-31(18-16-29)37-45-34(23-36(46-37)30-13-11-28(27-42)12-14-30)26-41-21-7-9-33(41)25-40-19-5-6-20-40/h2-4,8,10-18,33-34,36-37,42H,1,5-7,9,19-27H2,(H,39,43)/t33-,34+,36-,37-/m0/s1. The van der Waals surface area contributed by atoms with Crippen molar-refractivity contribution in [2.24, 2.45) is 0 Å². The van der Waals surface area contributed by atoms with Crippen molar-refractivity contribution in [2.45, 2.75) is 69.8 Å². The Hall–Kier alpha value is -3.53. The number of amides is 1. The molecule has 1 amide bonds. The zero-order chi connectivity index (χ0) is 31.7. The number of carbonyl (C=O) groups is 1. The van der Waals surface area contributed by atoms with E-state index in [-0.39, 0.29) is 25.4 Å². The van der Waals surface area contributed by atoms with Gasteiger partial charge in [0.1, 0.15) is 6.61 Å². The molecule has 0 radical (unpaired) electrons. The van der Waals surface area contributed by atoms with Crippen molar-refractivity contribution in [2.75, 3.05) is 39.3 Å². The summed E-state index contributed by atoms with van der Waals surface area (Å²) < 4.78 is 18.4. The molecule has 4 atom stereocenters. The van der Waals surface area contributed by atoms with Crippen LogP contribution in [0.2, 0.25) is 0 Å². The number of nitrogens with zero attached hydrogens (tertiary/aromatic N) is 2. The monoisotopic (exact) mass is 625 g/mol. The molecule has 3 aromatic carbocycles. The van der Waals surface area contributed by atoms with Crippen molar-refractivity contribution in [3.63, 3.8) is 0 Å². The highest BCUT2D eigenvalue weighted by Gasteiger charge is 2.36. The Morgan fingerprint density at radius 2 is 1.70 bits per heavy atom. The van der Waals surface area contributed by atoms with Crippen LogP contribution in [-0.4, -0.2) is 72.5 Å². The number of nitrogens with one attached hydrogen (secondary N) is 1. The maximum Gasteiger partial charge on any atom is 0.407 e. The van der Waals surface area contributed by atoms with Crippen LogP contribution in [0, 0.1) is 0 Å². The largest absolute Gasteiger partial charge is 0.445 e. The summed E-state index contributed by atoms with van der Waals surface area (Å²) in [6.45, 7) is 9.78. The van der Waals surface area contributed by atoms with Gasteiger partial charge < -0.3 is 29.5 Å². The van der Waals surface area contributed by atoms with Gasteiger partial charge in [-0.2, -0.15) is 0 Å². The summed E-state index contributed by atoms with van der Waals surface area (Å²) in [5.74, 6) is 0.